The molecule has 4 nitrogen and oxygen atoms in total. The van der Waals surface area contributed by atoms with E-state index in [2.05, 4.69) is 17.2 Å². The standard InChI is InChI=1S/C19H21N3OS/c1-4-6-16-18(22-10-9-13(2)11-17(22)21-16)19(23)20-14-7-5-8-15(12-14)24-3/h5,7-12H,4,6H2,1-3H3,(H,20,23). The Morgan fingerprint density at radius 3 is 2.88 bits per heavy atom. The number of hydrogen-bond acceptors (Lipinski definition) is 3. The molecule has 0 aliphatic carbocycles. The molecule has 0 aliphatic rings. The van der Waals surface area contributed by atoms with Gasteiger partial charge in [0.2, 0.25) is 0 Å². The van der Waals surface area contributed by atoms with Gasteiger partial charge in [-0.05, 0) is 55.5 Å². The van der Waals surface area contributed by atoms with Crippen LogP contribution in [0.15, 0.2) is 47.5 Å². The van der Waals surface area contributed by atoms with Crippen LogP contribution < -0.4 is 5.32 Å². The van der Waals surface area contributed by atoms with Gasteiger partial charge in [0.05, 0.1) is 5.69 Å². The molecule has 3 rings (SSSR count). The van der Waals surface area contributed by atoms with Crippen LogP contribution >= 0.6 is 11.8 Å². The van der Waals surface area contributed by atoms with E-state index in [1.54, 1.807) is 11.8 Å². The molecule has 0 aliphatic heterocycles. The number of anilines is 1. The van der Waals surface area contributed by atoms with E-state index in [9.17, 15) is 4.79 Å². The zero-order valence-electron chi connectivity index (χ0n) is 14.2. The number of benzene rings is 1. The minimum Gasteiger partial charge on any atom is -0.321 e. The lowest BCUT2D eigenvalue weighted by atomic mass is 10.2. The van der Waals surface area contributed by atoms with E-state index in [1.807, 2.05) is 60.2 Å². The molecule has 0 spiro atoms. The van der Waals surface area contributed by atoms with Crippen molar-refractivity contribution in [2.45, 2.75) is 31.6 Å². The van der Waals surface area contributed by atoms with Gasteiger partial charge in [0, 0.05) is 16.8 Å². The van der Waals surface area contributed by atoms with Crippen LogP contribution in [0.5, 0.6) is 0 Å². The molecular formula is C19H21N3OS. The van der Waals surface area contributed by atoms with Crippen molar-refractivity contribution >= 4 is 29.0 Å². The van der Waals surface area contributed by atoms with Crippen LogP contribution in [0.25, 0.3) is 5.65 Å². The largest absolute Gasteiger partial charge is 0.321 e. The van der Waals surface area contributed by atoms with Crippen molar-refractivity contribution in [3.8, 4) is 0 Å². The number of nitrogens with one attached hydrogen (secondary N) is 1. The highest BCUT2D eigenvalue weighted by molar-refractivity contribution is 7.98. The number of thioether (sulfide) groups is 1. The van der Waals surface area contributed by atoms with Gasteiger partial charge < -0.3 is 5.32 Å². The highest BCUT2D eigenvalue weighted by Crippen LogP contribution is 2.21. The molecule has 1 N–H and O–H groups in total. The van der Waals surface area contributed by atoms with Crippen molar-refractivity contribution in [1.29, 1.82) is 0 Å². The Hall–Kier alpha value is -2.27. The number of rotatable bonds is 5. The van der Waals surface area contributed by atoms with Gasteiger partial charge in [-0.2, -0.15) is 0 Å². The minimum atomic E-state index is -0.118. The third-order valence-electron chi connectivity index (χ3n) is 3.88. The van der Waals surface area contributed by atoms with E-state index in [0.29, 0.717) is 5.69 Å². The minimum absolute atomic E-state index is 0.118. The van der Waals surface area contributed by atoms with E-state index in [0.717, 1.165) is 40.3 Å². The number of aromatic nitrogens is 2. The second kappa shape index (κ2) is 7.09. The van der Waals surface area contributed by atoms with Crippen molar-refractivity contribution in [3.63, 3.8) is 0 Å². The molecule has 0 bridgehead atoms. The number of nitrogens with zero attached hydrogens (tertiary/aromatic N) is 2. The number of imidazole rings is 1. The average molecular weight is 339 g/mol. The Kier molecular flexibility index (Phi) is 4.90. The van der Waals surface area contributed by atoms with Crippen molar-refractivity contribution in [1.82, 2.24) is 9.38 Å². The quantitative estimate of drug-likeness (QED) is 0.693. The number of aryl methyl sites for hydroxylation is 2. The van der Waals surface area contributed by atoms with Gasteiger partial charge in [0.25, 0.3) is 5.91 Å². The van der Waals surface area contributed by atoms with E-state index in [1.165, 1.54) is 0 Å². The predicted octanol–water partition coefficient (Wildman–Crippen LogP) is 4.57. The summed E-state index contributed by atoms with van der Waals surface area (Å²) < 4.78 is 1.88. The number of hydrogen-bond donors (Lipinski definition) is 1. The zero-order valence-corrected chi connectivity index (χ0v) is 15.0. The maximum atomic E-state index is 12.9. The SMILES string of the molecule is CCCc1nc2cc(C)ccn2c1C(=O)Nc1cccc(SC)c1. The molecule has 24 heavy (non-hydrogen) atoms. The summed E-state index contributed by atoms with van der Waals surface area (Å²) in [6.07, 6.45) is 5.68. The van der Waals surface area contributed by atoms with Crippen LogP contribution in [0.4, 0.5) is 5.69 Å². The number of amides is 1. The summed E-state index contributed by atoms with van der Waals surface area (Å²) >= 11 is 1.65. The molecule has 0 saturated heterocycles. The fraction of sp³-hybridized carbons (Fsp3) is 0.263. The second-order valence-corrected chi connectivity index (χ2v) is 6.66. The second-order valence-electron chi connectivity index (χ2n) is 5.78. The lowest BCUT2D eigenvalue weighted by Gasteiger charge is -2.08. The Bertz CT molecular complexity index is 885. The van der Waals surface area contributed by atoms with Crippen LogP contribution in [0.3, 0.4) is 0 Å². The molecule has 0 unspecified atom stereocenters. The first-order valence-electron chi connectivity index (χ1n) is 8.05. The normalized spacial score (nSPS) is 11.0. The van der Waals surface area contributed by atoms with Crippen LogP contribution in [-0.4, -0.2) is 21.5 Å². The van der Waals surface area contributed by atoms with E-state index >= 15 is 0 Å². The summed E-state index contributed by atoms with van der Waals surface area (Å²) in [6, 6.07) is 11.9. The molecular weight excluding hydrogens is 318 g/mol. The number of carbonyl (C=O) groups excluding carboxylic acids is 1. The molecule has 124 valence electrons. The Morgan fingerprint density at radius 1 is 1.29 bits per heavy atom. The summed E-state index contributed by atoms with van der Waals surface area (Å²) in [5.74, 6) is -0.118. The first-order chi connectivity index (χ1) is 11.6. The van der Waals surface area contributed by atoms with Crippen LogP contribution in [0.2, 0.25) is 0 Å². The lowest BCUT2D eigenvalue weighted by Crippen LogP contribution is -2.16. The van der Waals surface area contributed by atoms with E-state index in [4.69, 9.17) is 0 Å². The molecule has 0 radical (unpaired) electrons. The highest BCUT2D eigenvalue weighted by Gasteiger charge is 2.19. The maximum Gasteiger partial charge on any atom is 0.274 e. The Morgan fingerprint density at radius 2 is 2.12 bits per heavy atom. The van der Waals surface area contributed by atoms with Crippen molar-refractivity contribution < 1.29 is 4.79 Å². The van der Waals surface area contributed by atoms with Gasteiger partial charge in [0.15, 0.2) is 0 Å². The molecule has 1 aromatic carbocycles. The van der Waals surface area contributed by atoms with Gasteiger partial charge >= 0.3 is 0 Å². The van der Waals surface area contributed by atoms with E-state index in [-0.39, 0.29) is 5.91 Å². The summed E-state index contributed by atoms with van der Waals surface area (Å²) in [7, 11) is 0. The van der Waals surface area contributed by atoms with Gasteiger partial charge in [-0.25, -0.2) is 4.98 Å². The van der Waals surface area contributed by atoms with Crippen LogP contribution in [0.1, 0.15) is 35.1 Å². The Balaban J connectivity index is 2.00. The monoisotopic (exact) mass is 339 g/mol. The third kappa shape index (κ3) is 3.31. The van der Waals surface area contributed by atoms with Crippen LogP contribution in [0, 0.1) is 6.92 Å². The lowest BCUT2D eigenvalue weighted by molar-refractivity contribution is 0.102. The van der Waals surface area contributed by atoms with Gasteiger partial charge in [-0.15, -0.1) is 11.8 Å². The summed E-state index contributed by atoms with van der Waals surface area (Å²) in [4.78, 5) is 18.7. The van der Waals surface area contributed by atoms with Crippen LogP contribution in [-0.2, 0) is 6.42 Å². The summed E-state index contributed by atoms with van der Waals surface area (Å²) in [5.41, 5.74) is 4.23. The van der Waals surface area contributed by atoms with Gasteiger partial charge in [0.1, 0.15) is 11.3 Å². The average Bonchev–Trinajstić information content (AvgIpc) is 2.92. The molecule has 3 aromatic rings. The van der Waals surface area contributed by atoms with Crippen molar-refractivity contribution in [3.05, 3.63) is 59.5 Å². The topological polar surface area (TPSA) is 46.4 Å². The first kappa shape index (κ1) is 16.6. The summed E-state index contributed by atoms with van der Waals surface area (Å²) in [6.45, 7) is 4.13. The van der Waals surface area contributed by atoms with E-state index < -0.39 is 0 Å². The first-order valence-corrected chi connectivity index (χ1v) is 9.28. The predicted molar refractivity (Wildman–Crippen MR) is 100 cm³/mol. The van der Waals surface area contributed by atoms with Gasteiger partial charge in [-0.3, -0.25) is 9.20 Å². The molecule has 2 heterocycles. The fourth-order valence-corrected chi connectivity index (χ4v) is 3.20. The fourth-order valence-electron chi connectivity index (χ4n) is 2.74. The van der Waals surface area contributed by atoms with Crippen molar-refractivity contribution in [2.75, 3.05) is 11.6 Å². The zero-order chi connectivity index (χ0) is 17.1. The number of fused-ring (bicyclic) bond motifs is 1. The summed E-state index contributed by atoms with van der Waals surface area (Å²) in [5, 5.41) is 3.01. The molecule has 1 amide bonds. The molecule has 2 aromatic heterocycles. The molecule has 0 fully saturated rings. The molecule has 0 atom stereocenters. The number of carbonyl (C=O) groups is 1. The third-order valence-corrected chi connectivity index (χ3v) is 4.61. The maximum absolute atomic E-state index is 12.9. The van der Waals surface area contributed by atoms with Gasteiger partial charge in [-0.1, -0.05) is 19.4 Å². The Labute approximate surface area is 146 Å². The van der Waals surface area contributed by atoms with Crippen molar-refractivity contribution in [2.24, 2.45) is 0 Å². The highest BCUT2D eigenvalue weighted by atomic mass is 32.2. The molecule has 0 saturated carbocycles. The number of pyridine rings is 1. The smallest absolute Gasteiger partial charge is 0.274 e. The molecule has 5 heteroatoms.